The number of carbonyl (C=O) groups is 1. The van der Waals surface area contributed by atoms with Crippen molar-refractivity contribution in [1.29, 1.82) is 0 Å². The van der Waals surface area contributed by atoms with Crippen LogP contribution in [-0.4, -0.2) is 17.2 Å². The van der Waals surface area contributed by atoms with Crippen LogP contribution in [-0.2, 0) is 0 Å². The Morgan fingerprint density at radius 1 is 1.41 bits per heavy atom. The molecule has 1 aliphatic carbocycles. The average Bonchev–Trinajstić information content (AvgIpc) is 2.26. The molecule has 0 aromatic heterocycles. The van der Waals surface area contributed by atoms with Gasteiger partial charge in [-0.25, -0.2) is 9.18 Å². The van der Waals surface area contributed by atoms with Crippen molar-refractivity contribution in [2.45, 2.75) is 39.2 Å². The van der Waals surface area contributed by atoms with Crippen LogP contribution in [0.3, 0.4) is 0 Å². The number of halogens is 1. The number of hydrogen-bond acceptors (Lipinski definition) is 2. The molecular weight excluding hydrogens is 223 g/mol. The molecule has 3 nitrogen and oxygen atoms in total. The Morgan fingerprint density at radius 3 is 2.53 bits per heavy atom. The minimum absolute atomic E-state index is 0.0462. The van der Waals surface area contributed by atoms with Gasteiger partial charge in [0.1, 0.15) is 17.1 Å². The second-order valence-corrected chi connectivity index (χ2v) is 3.59. The van der Waals surface area contributed by atoms with Gasteiger partial charge in [0.05, 0.1) is 6.10 Å². The third-order valence-electron chi connectivity index (χ3n) is 2.54. The fourth-order valence-corrected chi connectivity index (χ4v) is 1.48. The number of ether oxygens (including phenoxy) is 1. The first kappa shape index (κ1) is 13.5. The molecule has 94 valence electrons. The van der Waals surface area contributed by atoms with Crippen LogP contribution in [0.1, 0.15) is 43.5 Å². The van der Waals surface area contributed by atoms with Crippen molar-refractivity contribution >= 4 is 5.97 Å². The number of benzene rings is 1. The molecule has 1 N–H and O–H groups in total. The standard InChI is InChI=1S/C11H11FO3.C2H6/c12-8-5-2-6-9(10(8)11(13)14)15-7-3-1-4-7;1-2/h2,5-7H,1,3-4H2,(H,13,14);1-2H3. The molecule has 0 atom stereocenters. The predicted octanol–water partition coefficient (Wildman–Crippen LogP) is 3.48. The summed E-state index contributed by atoms with van der Waals surface area (Å²) in [6.07, 6.45) is 2.96. The highest BCUT2D eigenvalue weighted by Crippen LogP contribution is 2.28. The van der Waals surface area contributed by atoms with Gasteiger partial charge in [-0.05, 0) is 31.4 Å². The smallest absolute Gasteiger partial charge is 0.342 e. The lowest BCUT2D eigenvalue weighted by molar-refractivity contribution is 0.0673. The lowest BCUT2D eigenvalue weighted by atomic mass is 9.96. The fourth-order valence-electron chi connectivity index (χ4n) is 1.48. The zero-order valence-corrected chi connectivity index (χ0v) is 10.1. The van der Waals surface area contributed by atoms with Crippen LogP contribution >= 0.6 is 0 Å². The van der Waals surface area contributed by atoms with Crippen molar-refractivity contribution in [3.05, 3.63) is 29.6 Å². The van der Waals surface area contributed by atoms with Gasteiger partial charge in [0.2, 0.25) is 0 Å². The number of aromatic carboxylic acids is 1. The SMILES string of the molecule is CC.O=C(O)c1c(F)cccc1OC1CCC1. The van der Waals surface area contributed by atoms with Crippen LogP contribution in [0.2, 0.25) is 0 Å². The van der Waals surface area contributed by atoms with E-state index in [4.69, 9.17) is 9.84 Å². The maximum Gasteiger partial charge on any atom is 0.342 e. The summed E-state index contributed by atoms with van der Waals surface area (Å²) in [5.41, 5.74) is -0.371. The summed E-state index contributed by atoms with van der Waals surface area (Å²) < 4.78 is 18.6. The summed E-state index contributed by atoms with van der Waals surface area (Å²) in [5, 5.41) is 8.83. The zero-order valence-electron chi connectivity index (χ0n) is 10.1. The molecule has 0 bridgehead atoms. The molecular formula is C13H17FO3. The van der Waals surface area contributed by atoms with Gasteiger partial charge in [-0.3, -0.25) is 0 Å². The summed E-state index contributed by atoms with van der Waals surface area (Å²) in [5.74, 6) is -1.91. The Hall–Kier alpha value is -1.58. The Balaban J connectivity index is 0.000000686. The molecule has 2 rings (SSSR count). The molecule has 0 spiro atoms. The van der Waals surface area contributed by atoms with E-state index < -0.39 is 11.8 Å². The summed E-state index contributed by atoms with van der Waals surface area (Å²) in [7, 11) is 0. The van der Waals surface area contributed by atoms with Crippen LogP contribution in [0, 0.1) is 5.82 Å². The Morgan fingerprint density at radius 2 is 2.06 bits per heavy atom. The summed E-state index contributed by atoms with van der Waals surface area (Å²) >= 11 is 0. The quantitative estimate of drug-likeness (QED) is 0.879. The highest BCUT2D eigenvalue weighted by Gasteiger charge is 2.23. The Kier molecular flexibility index (Phi) is 4.94. The van der Waals surface area contributed by atoms with Gasteiger partial charge >= 0.3 is 5.97 Å². The van der Waals surface area contributed by atoms with Gasteiger partial charge in [-0.2, -0.15) is 0 Å². The molecule has 17 heavy (non-hydrogen) atoms. The Bertz CT molecular complexity index is 386. The van der Waals surface area contributed by atoms with E-state index in [-0.39, 0.29) is 17.4 Å². The van der Waals surface area contributed by atoms with Gasteiger partial charge in [0.15, 0.2) is 0 Å². The molecule has 0 heterocycles. The summed E-state index contributed by atoms with van der Waals surface area (Å²) in [4.78, 5) is 10.8. The maximum absolute atomic E-state index is 13.2. The van der Waals surface area contributed by atoms with E-state index in [9.17, 15) is 9.18 Å². The molecule has 1 saturated carbocycles. The van der Waals surface area contributed by atoms with Gasteiger partial charge < -0.3 is 9.84 Å². The summed E-state index contributed by atoms with van der Waals surface area (Å²) in [6, 6.07) is 4.07. The van der Waals surface area contributed by atoms with E-state index in [1.807, 2.05) is 13.8 Å². The summed E-state index contributed by atoms with van der Waals surface area (Å²) in [6.45, 7) is 4.00. The van der Waals surface area contributed by atoms with E-state index in [2.05, 4.69) is 0 Å². The molecule has 1 aromatic carbocycles. The predicted molar refractivity (Wildman–Crippen MR) is 63.0 cm³/mol. The van der Waals surface area contributed by atoms with E-state index in [0.717, 1.165) is 25.3 Å². The third-order valence-corrected chi connectivity index (χ3v) is 2.54. The minimum atomic E-state index is -1.29. The number of carboxylic acids is 1. The first-order valence-corrected chi connectivity index (χ1v) is 5.87. The molecule has 0 saturated heterocycles. The van der Waals surface area contributed by atoms with Gasteiger partial charge in [-0.1, -0.05) is 19.9 Å². The molecule has 1 aliphatic rings. The highest BCUT2D eigenvalue weighted by atomic mass is 19.1. The van der Waals surface area contributed by atoms with Crippen LogP contribution in [0.25, 0.3) is 0 Å². The largest absolute Gasteiger partial charge is 0.489 e. The van der Waals surface area contributed by atoms with Crippen molar-refractivity contribution in [3.63, 3.8) is 0 Å². The van der Waals surface area contributed by atoms with E-state index in [1.54, 1.807) is 0 Å². The molecule has 0 radical (unpaired) electrons. The van der Waals surface area contributed by atoms with E-state index in [0.29, 0.717) is 0 Å². The van der Waals surface area contributed by atoms with Crippen LogP contribution in [0.4, 0.5) is 4.39 Å². The van der Waals surface area contributed by atoms with Gasteiger partial charge in [-0.15, -0.1) is 0 Å². The van der Waals surface area contributed by atoms with Gasteiger partial charge in [0, 0.05) is 0 Å². The van der Waals surface area contributed by atoms with Crippen molar-refractivity contribution in [1.82, 2.24) is 0 Å². The third kappa shape index (κ3) is 3.19. The van der Waals surface area contributed by atoms with E-state index >= 15 is 0 Å². The lowest BCUT2D eigenvalue weighted by Crippen LogP contribution is -2.25. The molecule has 1 fully saturated rings. The van der Waals surface area contributed by atoms with Crippen LogP contribution in [0.5, 0.6) is 5.75 Å². The highest BCUT2D eigenvalue weighted by molar-refractivity contribution is 5.91. The minimum Gasteiger partial charge on any atom is -0.489 e. The van der Waals surface area contributed by atoms with Crippen molar-refractivity contribution in [2.75, 3.05) is 0 Å². The Labute approximate surface area is 100 Å². The van der Waals surface area contributed by atoms with Gasteiger partial charge in [0.25, 0.3) is 0 Å². The zero-order chi connectivity index (χ0) is 12.8. The van der Waals surface area contributed by atoms with E-state index in [1.165, 1.54) is 12.1 Å². The monoisotopic (exact) mass is 240 g/mol. The molecule has 0 amide bonds. The average molecular weight is 240 g/mol. The maximum atomic E-state index is 13.2. The second kappa shape index (κ2) is 6.23. The molecule has 0 aliphatic heterocycles. The fraction of sp³-hybridized carbons (Fsp3) is 0.462. The normalized spacial score (nSPS) is 14.3. The van der Waals surface area contributed by atoms with Crippen molar-refractivity contribution in [2.24, 2.45) is 0 Å². The first-order chi connectivity index (χ1) is 8.18. The van der Waals surface area contributed by atoms with Crippen LogP contribution < -0.4 is 4.74 Å². The number of carboxylic acid groups (broad SMARTS) is 1. The van der Waals surface area contributed by atoms with Crippen molar-refractivity contribution in [3.8, 4) is 5.75 Å². The number of rotatable bonds is 3. The number of hydrogen-bond donors (Lipinski definition) is 1. The van der Waals surface area contributed by atoms with Crippen molar-refractivity contribution < 1.29 is 19.0 Å². The lowest BCUT2D eigenvalue weighted by Gasteiger charge is -2.27. The second-order valence-electron chi connectivity index (χ2n) is 3.59. The molecule has 1 aromatic rings. The van der Waals surface area contributed by atoms with Crippen LogP contribution in [0.15, 0.2) is 18.2 Å². The molecule has 4 heteroatoms. The topological polar surface area (TPSA) is 46.5 Å². The first-order valence-electron chi connectivity index (χ1n) is 5.87. The molecule has 0 unspecified atom stereocenters.